The molecule has 1 aromatic heterocycles. The first-order chi connectivity index (χ1) is 12.3. The minimum Gasteiger partial charge on any atom is -0.493 e. The lowest BCUT2D eigenvalue weighted by molar-refractivity contribution is 0.310. The first kappa shape index (κ1) is 18.6. The van der Waals surface area contributed by atoms with Crippen molar-refractivity contribution in [2.75, 3.05) is 27.3 Å². The predicted octanol–water partition coefficient (Wildman–Crippen LogP) is 2.40. The number of rotatable bonds is 8. The van der Waals surface area contributed by atoms with Crippen LogP contribution in [0.15, 0.2) is 47.6 Å². The third kappa shape index (κ3) is 5.99. The van der Waals surface area contributed by atoms with Gasteiger partial charge in [0, 0.05) is 38.4 Å². The summed E-state index contributed by atoms with van der Waals surface area (Å²) in [5, 5.41) is 6.59. The fourth-order valence-corrected chi connectivity index (χ4v) is 2.36. The molecule has 25 heavy (non-hydrogen) atoms. The van der Waals surface area contributed by atoms with Gasteiger partial charge in [-0.2, -0.15) is 0 Å². The highest BCUT2D eigenvalue weighted by atomic mass is 16.5. The summed E-state index contributed by atoms with van der Waals surface area (Å²) in [6.45, 7) is 3.97. The van der Waals surface area contributed by atoms with E-state index in [2.05, 4.69) is 20.6 Å². The Bertz CT molecular complexity index is 674. The molecule has 0 saturated heterocycles. The zero-order valence-corrected chi connectivity index (χ0v) is 15.1. The van der Waals surface area contributed by atoms with E-state index in [9.17, 15) is 0 Å². The molecule has 0 fully saturated rings. The molecule has 0 saturated carbocycles. The van der Waals surface area contributed by atoms with Gasteiger partial charge in [-0.3, -0.25) is 9.98 Å². The first-order valence-corrected chi connectivity index (χ1v) is 8.41. The third-order valence-electron chi connectivity index (χ3n) is 3.61. The average Bonchev–Trinajstić information content (AvgIpc) is 2.66. The van der Waals surface area contributed by atoms with Crippen molar-refractivity contribution in [1.82, 2.24) is 15.6 Å². The molecule has 0 radical (unpaired) electrons. The maximum Gasteiger partial charge on any atom is 0.191 e. The van der Waals surface area contributed by atoms with Crippen LogP contribution in [-0.4, -0.2) is 38.3 Å². The van der Waals surface area contributed by atoms with Gasteiger partial charge in [0.15, 0.2) is 17.5 Å². The van der Waals surface area contributed by atoms with Crippen LogP contribution in [0.25, 0.3) is 0 Å². The van der Waals surface area contributed by atoms with E-state index in [0.29, 0.717) is 13.2 Å². The number of pyridine rings is 1. The van der Waals surface area contributed by atoms with Crippen molar-refractivity contribution in [2.45, 2.75) is 19.9 Å². The number of hydrogen-bond donors (Lipinski definition) is 2. The van der Waals surface area contributed by atoms with Gasteiger partial charge in [0.25, 0.3) is 0 Å². The SMILES string of the molecule is CCOc1cc(CNC(=NC)NCCc2ccccn2)ccc1OC. The normalized spacial score (nSPS) is 11.1. The van der Waals surface area contributed by atoms with Crippen molar-refractivity contribution in [3.63, 3.8) is 0 Å². The van der Waals surface area contributed by atoms with Crippen LogP contribution in [0, 0.1) is 0 Å². The van der Waals surface area contributed by atoms with Crippen LogP contribution in [0.3, 0.4) is 0 Å². The summed E-state index contributed by atoms with van der Waals surface area (Å²) in [5.74, 6) is 2.25. The summed E-state index contributed by atoms with van der Waals surface area (Å²) in [7, 11) is 3.40. The van der Waals surface area contributed by atoms with E-state index in [-0.39, 0.29) is 0 Å². The molecule has 0 aliphatic rings. The number of ether oxygens (including phenoxy) is 2. The van der Waals surface area contributed by atoms with Crippen LogP contribution in [0.4, 0.5) is 0 Å². The monoisotopic (exact) mass is 342 g/mol. The largest absolute Gasteiger partial charge is 0.493 e. The molecular formula is C19H26N4O2. The zero-order chi connectivity index (χ0) is 17.9. The second-order valence-corrected chi connectivity index (χ2v) is 5.34. The van der Waals surface area contributed by atoms with E-state index in [4.69, 9.17) is 9.47 Å². The Labute approximate surface area is 149 Å². The Hall–Kier alpha value is -2.76. The summed E-state index contributed by atoms with van der Waals surface area (Å²) in [6.07, 6.45) is 2.65. The molecule has 0 amide bonds. The second-order valence-electron chi connectivity index (χ2n) is 5.34. The molecule has 0 bridgehead atoms. The topological polar surface area (TPSA) is 67.8 Å². The number of aromatic nitrogens is 1. The molecule has 0 unspecified atom stereocenters. The molecule has 6 nitrogen and oxygen atoms in total. The van der Waals surface area contributed by atoms with E-state index >= 15 is 0 Å². The maximum atomic E-state index is 5.61. The van der Waals surface area contributed by atoms with Gasteiger partial charge < -0.3 is 20.1 Å². The van der Waals surface area contributed by atoms with Crippen molar-refractivity contribution in [1.29, 1.82) is 0 Å². The summed E-state index contributed by atoms with van der Waals surface area (Å²) in [5.41, 5.74) is 2.15. The summed E-state index contributed by atoms with van der Waals surface area (Å²) < 4.78 is 10.9. The highest BCUT2D eigenvalue weighted by Crippen LogP contribution is 2.27. The standard InChI is InChI=1S/C19H26N4O2/c1-4-25-18-13-15(8-9-17(18)24-3)14-23-19(20-2)22-12-10-16-7-5-6-11-21-16/h5-9,11,13H,4,10,12,14H2,1-3H3,(H2,20,22,23). The number of aliphatic imine (C=N–C) groups is 1. The van der Waals surface area contributed by atoms with Crippen molar-refractivity contribution in [3.05, 3.63) is 53.9 Å². The molecule has 2 aromatic rings. The Balaban J connectivity index is 1.84. The molecule has 134 valence electrons. The molecule has 2 N–H and O–H groups in total. The van der Waals surface area contributed by atoms with Crippen LogP contribution < -0.4 is 20.1 Å². The van der Waals surface area contributed by atoms with Gasteiger partial charge in [-0.1, -0.05) is 12.1 Å². The smallest absolute Gasteiger partial charge is 0.191 e. The zero-order valence-electron chi connectivity index (χ0n) is 15.1. The number of nitrogens with one attached hydrogen (secondary N) is 2. The Morgan fingerprint density at radius 2 is 2.04 bits per heavy atom. The average molecular weight is 342 g/mol. The molecule has 1 heterocycles. The molecule has 0 aliphatic heterocycles. The summed E-state index contributed by atoms with van der Waals surface area (Å²) >= 11 is 0. The summed E-state index contributed by atoms with van der Waals surface area (Å²) in [6, 6.07) is 11.8. The number of benzene rings is 1. The van der Waals surface area contributed by atoms with E-state index in [1.807, 2.05) is 49.5 Å². The van der Waals surface area contributed by atoms with Gasteiger partial charge >= 0.3 is 0 Å². The van der Waals surface area contributed by atoms with Crippen molar-refractivity contribution in [2.24, 2.45) is 4.99 Å². The van der Waals surface area contributed by atoms with Crippen LogP contribution in [0.2, 0.25) is 0 Å². The maximum absolute atomic E-state index is 5.61. The number of methoxy groups -OCH3 is 1. The van der Waals surface area contributed by atoms with Gasteiger partial charge in [0.05, 0.1) is 13.7 Å². The quantitative estimate of drug-likeness (QED) is 0.569. The molecular weight excluding hydrogens is 316 g/mol. The van der Waals surface area contributed by atoms with Gasteiger partial charge in [-0.25, -0.2) is 0 Å². The summed E-state index contributed by atoms with van der Waals surface area (Å²) in [4.78, 5) is 8.56. The van der Waals surface area contributed by atoms with Crippen LogP contribution in [0.1, 0.15) is 18.2 Å². The van der Waals surface area contributed by atoms with Crippen LogP contribution in [0.5, 0.6) is 11.5 Å². The number of hydrogen-bond acceptors (Lipinski definition) is 4. The Kier molecular flexibility index (Phi) is 7.56. The van der Waals surface area contributed by atoms with Crippen molar-refractivity contribution < 1.29 is 9.47 Å². The minimum absolute atomic E-state index is 0.601. The minimum atomic E-state index is 0.601. The predicted molar refractivity (Wildman–Crippen MR) is 100 cm³/mol. The Morgan fingerprint density at radius 3 is 2.72 bits per heavy atom. The molecule has 2 rings (SSSR count). The van der Waals surface area contributed by atoms with E-state index in [1.54, 1.807) is 14.2 Å². The molecule has 6 heteroatoms. The van der Waals surface area contributed by atoms with Gasteiger partial charge in [0.2, 0.25) is 0 Å². The van der Waals surface area contributed by atoms with E-state index in [0.717, 1.165) is 41.7 Å². The third-order valence-corrected chi connectivity index (χ3v) is 3.61. The lowest BCUT2D eigenvalue weighted by Crippen LogP contribution is -2.37. The highest BCUT2D eigenvalue weighted by molar-refractivity contribution is 5.79. The number of nitrogens with zero attached hydrogens (tertiary/aromatic N) is 2. The molecule has 0 atom stereocenters. The van der Waals surface area contributed by atoms with E-state index in [1.165, 1.54) is 0 Å². The highest BCUT2D eigenvalue weighted by Gasteiger charge is 2.06. The van der Waals surface area contributed by atoms with Crippen molar-refractivity contribution >= 4 is 5.96 Å². The molecule has 0 spiro atoms. The van der Waals surface area contributed by atoms with Gasteiger partial charge in [-0.05, 0) is 36.8 Å². The lowest BCUT2D eigenvalue weighted by atomic mass is 10.2. The fraction of sp³-hybridized carbons (Fsp3) is 0.368. The van der Waals surface area contributed by atoms with Gasteiger partial charge in [-0.15, -0.1) is 0 Å². The van der Waals surface area contributed by atoms with Crippen LogP contribution in [-0.2, 0) is 13.0 Å². The first-order valence-electron chi connectivity index (χ1n) is 8.41. The van der Waals surface area contributed by atoms with Crippen LogP contribution >= 0.6 is 0 Å². The lowest BCUT2D eigenvalue weighted by Gasteiger charge is -2.14. The fourth-order valence-electron chi connectivity index (χ4n) is 2.36. The number of guanidine groups is 1. The second kappa shape index (κ2) is 10.2. The van der Waals surface area contributed by atoms with Crippen molar-refractivity contribution in [3.8, 4) is 11.5 Å². The molecule has 1 aromatic carbocycles. The van der Waals surface area contributed by atoms with Gasteiger partial charge in [0.1, 0.15) is 0 Å². The Morgan fingerprint density at radius 1 is 1.16 bits per heavy atom. The molecule has 0 aliphatic carbocycles. The van der Waals surface area contributed by atoms with E-state index < -0.39 is 0 Å².